The van der Waals surface area contributed by atoms with E-state index in [9.17, 15) is 4.79 Å². The molecule has 4 rings (SSSR count). The summed E-state index contributed by atoms with van der Waals surface area (Å²) in [5.41, 5.74) is 11.0. The van der Waals surface area contributed by atoms with Crippen LogP contribution in [-0.2, 0) is 18.4 Å². The molecule has 1 amide bonds. The van der Waals surface area contributed by atoms with E-state index in [0.717, 1.165) is 48.2 Å². The van der Waals surface area contributed by atoms with Gasteiger partial charge in [0.1, 0.15) is 0 Å². The van der Waals surface area contributed by atoms with Crippen molar-refractivity contribution < 1.29 is 9.36 Å². The number of nitrogens with one attached hydrogen (secondary N) is 1. The van der Waals surface area contributed by atoms with Crippen molar-refractivity contribution in [1.29, 1.82) is 0 Å². The molecule has 0 aliphatic carbocycles. The van der Waals surface area contributed by atoms with E-state index in [1.165, 1.54) is 11.1 Å². The molecule has 37 heavy (non-hydrogen) atoms. The quantitative estimate of drug-likeness (QED) is 0.176. The van der Waals surface area contributed by atoms with Crippen LogP contribution in [-0.4, -0.2) is 23.6 Å². The molecule has 0 spiro atoms. The van der Waals surface area contributed by atoms with Crippen molar-refractivity contribution in [2.45, 2.75) is 32.2 Å². The van der Waals surface area contributed by atoms with Gasteiger partial charge in [-0.3, -0.25) is 4.79 Å². The predicted molar refractivity (Wildman–Crippen MR) is 154 cm³/mol. The molecular formula is C30H33Cl2N4O+. The molecule has 0 aliphatic rings. The summed E-state index contributed by atoms with van der Waals surface area (Å²) >= 11 is 12.8. The van der Waals surface area contributed by atoms with Gasteiger partial charge in [-0.1, -0.05) is 77.8 Å². The standard InChI is InChI=1S/C30H32Cl2N4O/c1-35-27-20-25(31)26(32)21-28(27)36(19-9-3-6-14-29(37)34-18-17-33)30(35)16-15-23-12-7-8-13-24(23)22-10-4-2-5-11-22/h2,4-5,7-8,10-13,15-16,20-21H,3,6,9,14,17-19,33H2,1H3/p+1/b16-15+. The molecule has 1 heterocycles. The van der Waals surface area contributed by atoms with Gasteiger partial charge in [0, 0.05) is 37.7 Å². The van der Waals surface area contributed by atoms with E-state index in [4.69, 9.17) is 28.9 Å². The zero-order valence-electron chi connectivity index (χ0n) is 21.1. The van der Waals surface area contributed by atoms with Gasteiger partial charge in [-0.2, -0.15) is 0 Å². The maximum Gasteiger partial charge on any atom is 0.282 e. The van der Waals surface area contributed by atoms with Crippen LogP contribution in [0.3, 0.4) is 0 Å². The lowest BCUT2D eigenvalue weighted by atomic mass is 9.99. The Hall–Kier alpha value is -3.12. The van der Waals surface area contributed by atoms with E-state index in [1.807, 2.05) is 25.2 Å². The highest BCUT2D eigenvalue weighted by atomic mass is 35.5. The van der Waals surface area contributed by atoms with Gasteiger partial charge >= 0.3 is 0 Å². The van der Waals surface area contributed by atoms with Crippen LogP contribution in [0.25, 0.3) is 34.3 Å². The number of nitrogens with zero attached hydrogens (tertiary/aromatic N) is 2. The second kappa shape index (κ2) is 12.9. The lowest BCUT2D eigenvalue weighted by Gasteiger charge is -2.06. The van der Waals surface area contributed by atoms with Crippen LogP contribution in [0.2, 0.25) is 10.0 Å². The minimum atomic E-state index is 0.0605. The highest BCUT2D eigenvalue weighted by Crippen LogP contribution is 2.29. The van der Waals surface area contributed by atoms with E-state index in [1.54, 1.807) is 0 Å². The zero-order chi connectivity index (χ0) is 26.2. The topological polar surface area (TPSA) is 63.9 Å². The van der Waals surface area contributed by atoms with Gasteiger partial charge in [0.05, 0.1) is 23.6 Å². The van der Waals surface area contributed by atoms with Gasteiger partial charge in [-0.25, -0.2) is 9.13 Å². The third kappa shape index (κ3) is 6.61. The Morgan fingerprint density at radius 1 is 0.973 bits per heavy atom. The molecule has 7 heteroatoms. The Bertz CT molecular complexity index is 1400. The van der Waals surface area contributed by atoms with Crippen molar-refractivity contribution in [2.75, 3.05) is 13.1 Å². The first-order chi connectivity index (χ1) is 18.0. The number of hydrogen-bond acceptors (Lipinski definition) is 2. The van der Waals surface area contributed by atoms with Crippen LogP contribution < -0.4 is 15.6 Å². The average Bonchev–Trinajstić information content (AvgIpc) is 3.16. The van der Waals surface area contributed by atoms with E-state index >= 15 is 0 Å². The van der Waals surface area contributed by atoms with Crippen LogP contribution in [0.15, 0.2) is 66.7 Å². The Kier molecular flexibility index (Phi) is 9.40. The van der Waals surface area contributed by atoms with Crippen molar-refractivity contribution >= 4 is 52.3 Å². The average molecular weight is 537 g/mol. The highest BCUT2D eigenvalue weighted by molar-refractivity contribution is 6.42. The van der Waals surface area contributed by atoms with E-state index < -0.39 is 0 Å². The molecule has 0 bridgehead atoms. The number of halogens is 2. The summed E-state index contributed by atoms with van der Waals surface area (Å²) in [5, 5.41) is 3.90. The Balaban J connectivity index is 1.61. The number of rotatable bonds is 11. The van der Waals surface area contributed by atoms with Crippen molar-refractivity contribution in [3.05, 3.63) is 88.2 Å². The SMILES string of the molecule is C[n+]1c(/C=C/c2ccccc2-c2ccccc2)n(CCCCCC(=O)NCCN)c2cc(Cl)c(Cl)cc21. The van der Waals surface area contributed by atoms with Gasteiger partial charge in [-0.15, -0.1) is 0 Å². The molecule has 0 saturated carbocycles. The summed E-state index contributed by atoms with van der Waals surface area (Å²) in [5.74, 6) is 1.11. The van der Waals surface area contributed by atoms with Gasteiger partial charge in [-0.05, 0) is 42.0 Å². The maximum atomic E-state index is 11.9. The first-order valence-electron chi connectivity index (χ1n) is 12.7. The normalized spacial score (nSPS) is 11.5. The molecule has 192 valence electrons. The molecule has 5 nitrogen and oxygen atoms in total. The molecule has 0 radical (unpaired) electrons. The maximum absolute atomic E-state index is 11.9. The Morgan fingerprint density at radius 3 is 2.49 bits per heavy atom. The van der Waals surface area contributed by atoms with Crippen molar-refractivity contribution in [1.82, 2.24) is 9.88 Å². The van der Waals surface area contributed by atoms with Crippen LogP contribution in [0.1, 0.15) is 37.1 Å². The molecule has 0 atom stereocenters. The Morgan fingerprint density at radius 2 is 1.70 bits per heavy atom. The number of benzene rings is 3. The molecule has 3 aromatic carbocycles. The molecule has 0 aliphatic heterocycles. The van der Waals surface area contributed by atoms with Gasteiger partial charge in [0.15, 0.2) is 11.0 Å². The summed E-state index contributed by atoms with van der Waals surface area (Å²) in [4.78, 5) is 11.9. The predicted octanol–water partition coefficient (Wildman–Crippen LogP) is 6.25. The fourth-order valence-corrected chi connectivity index (χ4v) is 4.91. The van der Waals surface area contributed by atoms with Crippen molar-refractivity contribution in [2.24, 2.45) is 12.8 Å². The fourth-order valence-electron chi connectivity index (χ4n) is 4.59. The van der Waals surface area contributed by atoms with Crippen LogP contribution in [0.4, 0.5) is 0 Å². The largest absolute Gasteiger partial charge is 0.355 e. The summed E-state index contributed by atoms with van der Waals surface area (Å²) in [6, 6.07) is 22.7. The number of carbonyl (C=O) groups excluding carboxylic acids is 1. The fraction of sp³-hybridized carbons (Fsp3) is 0.267. The minimum Gasteiger partial charge on any atom is -0.355 e. The Labute approximate surface area is 228 Å². The monoisotopic (exact) mass is 535 g/mol. The molecule has 0 unspecified atom stereocenters. The molecule has 1 aromatic heterocycles. The molecule has 0 saturated heterocycles. The summed E-state index contributed by atoms with van der Waals surface area (Å²) in [7, 11) is 2.05. The smallest absolute Gasteiger partial charge is 0.282 e. The molecule has 4 aromatic rings. The lowest BCUT2D eigenvalue weighted by Crippen LogP contribution is -2.31. The number of carbonyl (C=O) groups is 1. The van der Waals surface area contributed by atoms with Crippen molar-refractivity contribution in [3.63, 3.8) is 0 Å². The van der Waals surface area contributed by atoms with Gasteiger partial charge < -0.3 is 11.1 Å². The number of nitrogens with two attached hydrogens (primary N) is 1. The van der Waals surface area contributed by atoms with Crippen LogP contribution in [0.5, 0.6) is 0 Å². The number of unbranched alkanes of at least 4 members (excludes halogenated alkanes) is 2. The van der Waals surface area contributed by atoms with Gasteiger partial charge in [0.25, 0.3) is 5.82 Å². The van der Waals surface area contributed by atoms with E-state index in [-0.39, 0.29) is 5.91 Å². The second-order valence-corrected chi connectivity index (χ2v) is 9.87. The van der Waals surface area contributed by atoms with Crippen LogP contribution in [0, 0.1) is 0 Å². The molecule has 3 N–H and O–H groups in total. The van der Waals surface area contributed by atoms with E-state index in [2.05, 4.69) is 75.1 Å². The van der Waals surface area contributed by atoms with Crippen molar-refractivity contribution in [3.8, 4) is 11.1 Å². The van der Waals surface area contributed by atoms with Gasteiger partial charge in [0.2, 0.25) is 5.91 Å². The third-order valence-corrected chi connectivity index (χ3v) is 7.22. The summed E-state index contributed by atoms with van der Waals surface area (Å²) in [6.45, 7) is 1.79. The second-order valence-electron chi connectivity index (χ2n) is 9.06. The highest BCUT2D eigenvalue weighted by Gasteiger charge is 2.22. The summed E-state index contributed by atoms with van der Waals surface area (Å²) < 4.78 is 4.44. The number of fused-ring (bicyclic) bond motifs is 1. The van der Waals surface area contributed by atoms with Crippen LogP contribution >= 0.6 is 23.2 Å². The number of aromatic nitrogens is 2. The lowest BCUT2D eigenvalue weighted by molar-refractivity contribution is -0.647. The zero-order valence-corrected chi connectivity index (χ0v) is 22.6. The first kappa shape index (κ1) is 26.9. The number of imidazole rings is 1. The summed E-state index contributed by atoms with van der Waals surface area (Å²) in [6.07, 6.45) is 7.56. The van der Waals surface area contributed by atoms with E-state index in [0.29, 0.717) is 29.6 Å². The number of aryl methyl sites for hydroxylation is 2. The number of hydrogen-bond donors (Lipinski definition) is 2. The minimum absolute atomic E-state index is 0.0605. The first-order valence-corrected chi connectivity index (χ1v) is 13.4. The third-order valence-electron chi connectivity index (χ3n) is 6.50. The number of amides is 1. The molecular weight excluding hydrogens is 503 g/mol. The molecule has 0 fully saturated rings.